The minimum atomic E-state index is -0.872. The molecule has 1 aliphatic heterocycles. The van der Waals surface area contributed by atoms with E-state index in [0.717, 1.165) is 35.4 Å². The van der Waals surface area contributed by atoms with Crippen LogP contribution in [0.2, 0.25) is 0 Å². The van der Waals surface area contributed by atoms with E-state index in [1.807, 2.05) is 51.1 Å². The van der Waals surface area contributed by atoms with Crippen molar-refractivity contribution >= 4 is 34.7 Å². The van der Waals surface area contributed by atoms with Crippen LogP contribution in [0.5, 0.6) is 0 Å². The van der Waals surface area contributed by atoms with Gasteiger partial charge < -0.3 is 30.6 Å². The second-order valence-electron chi connectivity index (χ2n) is 12.8. The summed E-state index contributed by atoms with van der Waals surface area (Å²) in [5.41, 5.74) is 7.18. The molecule has 2 amide bonds. The average Bonchev–Trinajstić information content (AvgIpc) is 3.31. The van der Waals surface area contributed by atoms with E-state index in [1.54, 1.807) is 11.1 Å². The zero-order valence-electron chi connectivity index (χ0n) is 25.2. The Morgan fingerprint density at radius 2 is 1.81 bits per heavy atom. The van der Waals surface area contributed by atoms with E-state index < -0.39 is 11.1 Å². The number of rotatable bonds is 8. The molecule has 10 heteroatoms. The molecule has 3 aromatic rings. The van der Waals surface area contributed by atoms with Crippen molar-refractivity contribution in [1.82, 2.24) is 24.8 Å². The quantitative estimate of drug-likeness (QED) is 0.324. The van der Waals surface area contributed by atoms with Crippen molar-refractivity contribution < 1.29 is 14.3 Å². The van der Waals surface area contributed by atoms with Gasteiger partial charge in [0.2, 0.25) is 11.9 Å². The number of anilines is 2. The lowest BCUT2D eigenvalue weighted by molar-refractivity contribution is -0.127. The van der Waals surface area contributed by atoms with Gasteiger partial charge in [-0.3, -0.25) is 4.79 Å². The number of piperidine rings is 1. The summed E-state index contributed by atoms with van der Waals surface area (Å²) < 4.78 is 7.79. The number of hydrogen-bond donors (Lipinski definition) is 3. The number of benzene rings is 1. The van der Waals surface area contributed by atoms with Crippen molar-refractivity contribution in [3.63, 3.8) is 0 Å². The Kier molecular flexibility index (Phi) is 8.89. The minimum absolute atomic E-state index is 0.0927. The molecule has 1 aliphatic carbocycles. The fourth-order valence-electron chi connectivity index (χ4n) is 6.23. The van der Waals surface area contributed by atoms with Gasteiger partial charge in [0.05, 0.1) is 6.54 Å². The summed E-state index contributed by atoms with van der Waals surface area (Å²) in [6, 6.07) is 11.8. The third-order valence-electron chi connectivity index (χ3n) is 8.52. The number of amides is 2. The summed E-state index contributed by atoms with van der Waals surface area (Å²) in [5.74, 6) is 0.870. The second-order valence-corrected chi connectivity index (χ2v) is 12.8. The standard InChI is InChI=1S/C32H45N7O3/c1-31(2,3)42-30(41)38-18-15-32(16-19-38,37-25-12-8-5-9-13-25)28(40)34-22-26-20-24-21-35-29(33)36-27(24)39(26)17-14-23-10-6-4-7-11-23/h5,8-9,12-13,20-21,23,37H,4,6-7,10-11,14-19,22H2,1-3H3,(H,34,40)(H2,33,35,36). The number of nitrogens with two attached hydrogens (primary N) is 1. The second kappa shape index (κ2) is 12.6. The average molecular weight is 576 g/mol. The van der Waals surface area contributed by atoms with Crippen LogP contribution in [0, 0.1) is 5.92 Å². The van der Waals surface area contributed by atoms with Gasteiger partial charge in [0.1, 0.15) is 16.8 Å². The highest BCUT2D eigenvalue weighted by Gasteiger charge is 2.43. The van der Waals surface area contributed by atoms with Crippen LogP contribution < -0.4 is 16.4 Å². The Balaban J connectivity index is 1.33. The molecule has 2 aromatic heterocycles. The summed E-state index contributed by atoms with van der Waals surface area (Å²) in [5, 5.41) is 7.66. The first-order valence-corrected chi connectivity index (χ1v) is 15.3. The minimum Gasteiger partial charge on any atom is -0.444 e. The highest BCUT2D eigenvalue weighted by atomic mass is 16.6. The van der Waals surface area contributed by atoms with Gasteiger partial charge in [0.15, 0.2) is 0 Å². The number of nitrogens with one attached hydrogen (secondary N) is 2. The highest BCUT2D eigenvalue weighted by molar-refractivity contribution is 5.90. The van der Waals surface area contributed by atoms with Crippen LogP contribution in [-0.2, 0) is 22.6 Å². The monoisotopic (exact) mass is 575 g/mol. The van der Waals surface area contributed by atoms with Crippen LogP contribution in [0.1, 0.15) is 77.8 Å². The number of carbonyl (C=O) groups is 2. The van der Waals surface area contributed by atoms with Crippen molar-refractivity contribution in [2.24, 2.45) is 5.92 Å². The van der Waals surface area contributed by atoms with Crippen LogP contribution >= 0.6 is 0 Å². The van der Waals surface area contributed by atoms with Crippen LogP contribution in [0.3, 0.4) is 0 Å². The molecule has 0 radical (unpaired) electrons. The van der Waals surface area contributed by atoms with Crippen molar-refractivity contribution in [3.05, 3.63) is 48.3 Å². The number of carbonyl (C=O) groups excluding carboxylic acids is 2. The molecule has 0 spiro atoms. The van der Waals surface area contributed by atoms with E-state index >= 15 is 0 Å². The molecular weight excluding hydrogens is 530 g/mol. The van der Waals surface area contributed by atoms with E-state index in [2.05, 4.69) is 31.2 Å². The van der Waals surface area contributed by atoms with E-state index in [0.29, 0.717) is 38.4 Å². The molecule has 1 aromatic carbocycles. The number of nitrogens with zero attached hydrogens (tertiary/aromatic N) is 4. The maximum Gasteiger partial charge on any atom is 0.410 e. The van der Waals surface area contributed by atoms with Gasteiger partial charge in [-0.2, -0.15) is 4.98 Å². The Morgan fingerprint density at radius 3 is 2.50 bits per heavy atom. The largest absolute Gasteiger partial charge is 0.444 e. The Morgan fingerprint density at radius 1 is 1.10 bits per heavy atom. The molecule has 10 nitrogen and oxygen atoms in total. The van der Waals surface area contributed by atoms with Crippen LogP contribution in [0.4, 0.5) is 16.4 Å². The molecule has 5 rings (SSSR count). The summed E-state index contributed by atoms with van der Waals surface area (Å²) in [6.45, 7) is 7.59. The molecule has 2 fully saturated rings. The van der Waals surface area contributed by atoms with E-state index in [9.17, 15) is 9.59 Å². The number of nitrogen functional groups attached to an aromatic ring is 1. The predicted octanol–water partition coefficient (Wildman–Crippen LogP) is 5.48. The summed E-state index contributed by atoms with van der Waals surface area (Å²) in [6.07, 6.45) is 9.89. The molecule has 1 saturated heterocycles. The predicted molar refractivity (Wildman–Crippen MR) is 165 cm³/mol. The van der Waals surface area contributed by atoms with E-state index in [-0.39, 0.29) is 17.9 Å². The highest BCUT2D eigenvalue weighted by Crippen LogP contribution is 2.30. The van der Waals surface area contributed by atoms with Gasteiger partial charge in [-0.1, -0.05) is 50.3 Å². The molecule has 1 saturated carbocycles. The van der Waals surface area contributed by atoms with Gasteiger partial charge in [0, 0.05) is 42.6 Å². The fraction of sp³-hybridized carbons (Fsp3) is 0.562. The first kappa shape index (κ1) is 29.7. The maximum atomic E-state index is 14.0. The van der Waals surface area contributed by atoms with Crippen molar-refractivity contribution in [3.8, 4) is 0 Å². The molecule has 4 N–H and O–H groups in total. The van der Waals surface area contributed by atoms with Gasteiger partial charge in [-0.05, 0) is 64.2 Å². The van der Waals surface area contributed by atoms with Crippen molar-refractivity contribution in [1.29, 1.82) is 0 Å². The fourth-order valence-corrected chi connectivity index (χ4v) is 6.23. The summed E-state index contributed by atoms with van der Waals surface area (Å²) in [7, 11) is 0. The number of para-hydroxylation sites is 1. The number of aryl methyl sites for hydroxylation is 1. The lowest BCUT2D eigenvalue weighted by Gasteiger charge is -2.41. The lowest BCUT2D eigenvalue weighted by atomic mass is 9.86. The molecule has 0 bridgehead atoms. The maximum absolute atomic E-state index is 14.0. The molecule has 226 valence electrons. The molecule has 42 heavy (non-hydrogen) atoms. The molecule has 0 unspecified atom stereocenters. The van der Waals surface area contributed by atoms with Gasteiger partial charge >= 0.3 is 6.09 Å². The Hall–Kier alpha value is -3.82. The van der Waals surface area contributed by atoms with Crippen LogP contribution in [0.15, 0.2) is 42.6 Å². The molecule has 0 atom stereocenters. The lowest BCUT2D eigenvalue weighted by Crippen LogP contribution is -2.59. The third-order valence-corrected chi connectivity index (χ3v) is 8.52. The third kappa shape index (κ3) is 7.14. The zero-order chi connectivity index (χ0) is 29.7. The van der Waals surface area contributed by atoms with Crippen LogP contribution in [-0.4, -0.2) is 55.7 Å². The first-order chi connectivity index (χ1) is 20.1. The Bertz CT molecular complexity index is 1370. The summed E-state index contributed by atoms with van der Waals surface area (Å²) >= 11 is 0. The number of hydrogen-bond acceptors (Lipinski definition) is 7. The SMILES string of the molecule is CC(C)(C)OC(=O)N1CCC(Nc2ccccc2)(C(=O)NCc2cc3cnc(N)nc3n2CCC2CCCCC2)CC1. The molecular formula is C32H45N7O3. The number of fused-ring (bicyclic) bond motifs is 1. The van der Waals surface area contributed by atoms with Crippen molar-refractivity contribution in [2.45, 2.75) is 96.4 Å². The molecule has 2 aliphatic rings. The van der Waals surface area contributed by atoms with Crippen molar-refractivity contribution in [2.75, 3.05) is 24.1 Å². The Labute approximate surface area is 248 Å². The van der Waals surface area contributed by atoms with Gasteiger partial charge in [0.25, 0.3) is 0 Å². The topological polar surface area (TPSA) is 127 Å². The number of likely N-dealkylation sites (tertiary alicyclic amines) is 1. The normalized spacial score (nSPS) is 17.6. The van der Waals surface area contributed by atoms with Crippen LogP contribution in [0.25, 0.3) is 11.0 Å². The number of aromatic nitrogens is 3. The summed E-state index contributed by atoms with van der Waals surface area (Å²) in [4.78, 5) is 37.2. The number of ether oxygens (including phenoxy) is 1. The smallest absolute Gasteiger partial charge is 0.410 e. The van der Waals surface area contributed by atoms with E-state index in [4.69, 9.17) is 10.5 Å². The van der Waals surface area contributed by atoms with E-state index in [1.165, 1.54) is 32.1 Å². The van der Waals surface area contributed by atoms with Gasteiger partial charge in [-0.15, -0.1) is 0 Å². The zero-order valence-corrected chi connectivity index (χ0v) is 25.2. The molecule has 3 heterocycles. The first-order valence-electron chi connectivity index (χ1n) is 15.3. The van der Waals surface area contributed by atoms with Gasteiger partial charge in [-0.25, -0.2) is 9.78 Å².